The molecule has 1 heteroatoms. The molecule has 12 heavy (non-hydrogen) atoms. The normalized spacial score (nSPS) is 13.1. The summed E-state index contributed by atoms with van der Waals surface area (Å²) in [5.74, 6) is 0. The number of hydrogen-bond acceptors (Lipinski definition) is 1. The minimum Gasteiger partial charge on any atom is -0.293 e. The zero-order valence-corrected chi connectivity index (χ0v) is 9.45. The van der Waals surface area contributed by atoms with Gasteiger partial charge < -0.3 is 0 Å². The van der Waals surface area contributed by atoms with Gasteiger partial charge in [0.15, 0.2) is 0 Å². The molecule has 0 N–H and O–H groups in total. The SMILES string of the molecule is CN=C(C)C(=C(C)C)C(C)(C)C. The highest BCUT2D eigenvalue weighted by Crippen LogP contribution is 2.28. The van der Waals surface area contributed by atoms with Crippen molar-refractivity contribution in [1.82, 2.24) is 0 Å². The van der Waals surface area contributed by atoms with Crippen LogP contribution in [0.25, 0.3) is 0 Å². The van der Waals surface area contributed by atoms with Gasteiger partial charge in [-0.2, -0.15) is 0 Å². The van der Waals surface area contributed by atoms with Crippen LogP contribution < -0.4 is 0 Å². The Morgan fingerprint density at radius 1 is 1.00 bits per heavy atom. The Labute approximate surface area is 76.6 Å². The highest BCUT2D eigenvalue weighted by Gasteiger charge is 2.19. The van der Waals surface area contributed by atoms with Crippen molar-refractivity contribution in [3.63, 3.8) is 0 Å². The summed E-state index contributed by atoms with van der Waals surface area (Å²) in [6.45, 7) is 13.1. The van der Waals surface area contributed by atoms with Gasteiger partial charge >= 0.3 is 0 Å². The Morgan fingerprint density at radius 3 is 1.50 bits per heavy atom. The minimum atomic E-state index is 0.211. The summed E-state index contributed by atoms with van der Waals surface area (Å²) in [5.41, 5.74) is 4.11. The van der Waals surface area contributed by atoms with Gasteiger partial charge in [0.2, 0.25) is 0 Å². The lowest BCUT2D eigenvalue weighted by Gasteiger charge is -2.24. The first-order chi connectivity index (χ1) is 5.30. The quantitative estimate of drug-likeness (QED) is 0.530. The van der Waals surface area contributed by atoms with E-state index in [-0.39, 0.29) is 5.41 Å². The third-order valence-corrected chi connectivity index (χ3v) is 1.95. The fraction of sp³-hybridized carbons (Fsp3) is 0.727. The molecular formula is C11H21N. The third kappa shape index (κ3) is 2.80. The van der Waals surface area contributed by atoms with E-state index < -0.39 is 0 Å². The predicted molar refractivity (Wildman–Crippen MR) is 56.9 cm³/mol. The van der Waals surface area contributed by atoms with E-state index in [1.807, 2.05) is 7.05 Å². The molecule has 1 nitrogen and oxygen atoms in total. The molecule has 0 rings (SSSR count). The topological polar surface area (TPSA) is 12.4 Å². The van der Waals surface area contributed by atoms with Crippen LogP contribution in [0.2, 0.25) is 0 Å². The summed E-state index contributed by atoms with van der Waals surface area (Å²) < 4.78 is 0. The van der Waals surface area contributed by atoms with Crippen LogP contribution in [-0.2, 0) is 0 Å². The summed E-state index contributed by atoms with van der Waals surface area (Å²) in [4.78, 5) is 4.24. The van der Waals surface area contributed by atoms with E-state index in [0.717, 1.165) is 5.71 Å². The second-order valence-electron chi connectivity index (χ2n) is 4.43. The molecule has 0 aliphatic heterocycles. The second kappa shape index (κ2) is 3.88. The molecule has 0 spiro atoms. The first-order valence-corrected chi connectivity index (χ1v) is 4.42. The van der Waals surface area contributed by atoms with Gasteiger partial charge in [-0.15, -0.1) is 0 Å². The lowest BCUT2D eigenvalue weighted by Crippen LogP contribution is -2.17. The van der Waals surface area contributed by atoms with Gasteiger partial charge in [-0.1, -0.05) is 26.3 Å². The number of rotatable bonds is 1. The van der Waals surface area contributed by atoms with E-state index in [2.05, 4.69) is 46.5 Å². The van der Waals surface area contributed by atoms with E-state index in [9.17, 15) is 0 Å². The van der Waals surface area contributed by atoms with Crippen molar-refractivity contribution >= 4 is 5.71 Å². The Hall–Kier alpha value is -0.590. The van der Waals surface area contributed by atoms with E-state index in [0.29, 0.717) is 0 Å². The van der Waals surface area contributed by atoms with Crippen LogP contribution in [0.15, 0.2) is 16.1 Å². The molecule has 0 saturated heterocycles. The number of hydrogen-bond donors (Lipinski definition) is 0. The number of aliphatic imine (C=N–C) groups is 1. The van der Waals surface area contributed by atoms with E-state index in [1.165, 1.54) is 11.1 Å². The average Bonchev–Trinajstić information content (AvgIpc) is 1.83. The molecule has 0 unspecified atom stereocenters. The third-order valence-electron chi connectivity index (χ3n) is 1.95. The maximum absolute atomic E-state index is 4.24. The molecule has 0 atom stereocenters. The van der Waals surface area contributed by atoms with Crippen LogP contribution >= 0.6 is 0 Å². The monoisotopic (exact) mass is 167 g/mol. The van der Waals surface area contributed by atoms with Gasteiger partial charge in [0.05, 0.1) is 0 Å². The first kappa shape index (κ1) is 11.4. The summed E-state index contributed by atoms with van der Waals surface area (Å²) >= 11 is 0. The molecule has 0 aliphatic rings. The van der Waals surface area contributed by atoms with Crippen LogP contribution in [0.1, 0.15) is 41.5 Å². The average molecular weight is 167 g/mol. The van der Waals surface area contributed by atoms with Gasteiger partial charge in [-0.25, -0.2) is 0 Å². The Bertz CT molecular complexity index is 210. The second-order valence-corrected chi connectivity index (χ2v) is 4.43. The molecule has 0 saturated carbocycles. The Balaban J connectivity index is 5.12. The van der Waals surface area contributed by atoms with E-state index in [1.54, 1.807) is 0 Å². The molecule has 0 bridgehead atoms. The van der Waals surface area contributed by atoms with E-state index >= 15 is 0 Å². The van der Waals surface area contributed by atoms with Gasteiger partial charge in [0.25, 0.3) is 0 Å². The molecule has 0 aromatic rings. The molecule has 0 aromatic carbocycles. The fourth-order valence-corrected chi connectivity index (χ4v) is 1.77. The van der Waals surface area contributed by atoms with Gasteiger partial charge in [0.1, 0.15) is 0 Å². The Kier molecular flexibility index (Phi) is 3.69. The van der Waals surface area contributed by atoms with Crippen LogP contribution in [0.3, 0.4) is 0 Å². The molecule has 0 aliphatic carbocycles. The van der Waals surface area contributed by atoms with Gasteiger partial charge in [-0.3, -0.25) is 4.99 Å². The van der Waals surface area contributed by atoms with E-state index in [4.69, 9.17) is 0 Å². The van der Waals surface area contributed by atoms with Crippen molar-refractivity contribution in [1.29, 1.82) is 0 Å². The van der Waals surface area contributed by atoms with Crippen LogP contribution in [0.5, 0.6) is 0 Å². The lowest BCUT2D eigenvalue weighted by atomic mass is 9.81. The smallest absolute Gasteiger partial charge is 0.0350 e. The van der Waals surface area contributed by atoms with Gasteiger partial charge in [-0.05, 0) is 31.8 Å². The van der Waals surface area contributed by atoms with Crippen molar-refractivity contribution in [2.45, 2.75) is 41.5 Å². The predicted octanol–water partition coefficient (Wildman–Crippen LogP) is 3.46. The van der Waals surface area contributed by atoms with Crippen molar-refractivity contribution < 1.29 is 0 Å². The van der Waals surface area contributed by atoms with Crippen LogP contribution in [0.4, 0.5) is 0 Å². The highest BCUT2D eigenvalue weighted by atomic mass is 14.7. The molecule has 0 fully saturated rings. The maximum atomic E-state index is 4.24. The molecular weight excluding hydrogens is 146 g/mol. The number of nitrogens with zero attached hydrogens (tertiary/aromatic N) is 1. The number of allylic oxidation sites excluding steroid dienone is 2. The molecule has 0 aromatic heterocycles. The van der Waals surface area contributed by atoms with Crippen LogP contribution in [0, 0.1) is 5.41 Å². The van der Waals surface area contributed by atoms with Crippen LogP contribution in [-0.4, -0.2) is 12.8 Å². The lowest BCUT2D eigenvalue weighted by molar-refractivity contribution is 0.519. The fourth-order valence-electron chi connectivity index (χ4n) is 1.77. The Morgan fingerprint density at radius 2 is 1.42 bits per heavy atom. The van der Waals surface area contributed by atoms with Gasteiger partial charge in [0, 0.05) is 12.8 Å². The highest BCUT2D eigenvalue weighted by molar-refractivity contribution is 5.99. The molecule has 0 amide bonds. The first-order valence-electron chi connectivity index (χ1n) is 4.42. The van der Waals surface area contributed by atoms with Crippen molar-refractivity contribution in [2.75, 3.05) is 7.05 Å². The largest absolute Gasteiger partial charge is 0.293 e. The minimum absolute atomic E-state index is 0.211. The van der Waals surface area contributed by atoms with Crippen molar-refractivity contribution in [3.8, 4) is 0 Å². The zero-order valence-electron chi connectivity index (χ0n) is 9.45. The summed E-state index contributed by atoms with van der Waals surface area (Å²) in [6, 6.07) is 0. The summed E-state index contributed by atoms with van der Waals surface area (Å²) in [6.07, 6.45) is 0. The summed E-state index contributed by atoms with van der Waals surface area (Å²) in [7, 11) is 1.85. The zero-order chi connectivity index (χ0) is 9.94. The van der Waals surface area contributed by atoms with Crippen molar-refractivity contribution in [3.05, 3.63) is 11.1 Å². The summed E-state index contributed by atoms with van der Waals surface area (Å²) in [5, 5.41) is 0. The maximum Gasteiger partial charge on any atom is 0.0350 e. The standard InChI is InChI=1S/C11H21N/c1-8(2)10(9(3)12-7)11(4,5)6/h1-7H3. The molecule has 0 radical (unpaired) electrons. The molecule has 0 heterocycles. The van der Waals surface area contributed by atoms with Crippen molar-refractivity contribution in [2.24, 2.45) is 10.4 Å². The molecule has 70 valence electrons.